The van der Waals surface area contributed by atoms with Crippen LogP contribution in [0.15, 0.2) is 36.7 Å². The summed E-state index contributed by atoms with van der Waals surface area (Å²) < 4.78 is 7.94. The lowest BCUT2D eigenvalue weighted by molar-refractivity contribution is -0.137. The van der Waals surface area contributed by atoms with Crippen molar-refractivity contribution in [1.82, 2.24) is 24.4 Å². The first-order valence-corrected chi connectivity index (χ1v) is 15.0. The van der Waals surface area contributed by atoms with Crippen LogP contribution in [0.1, 0.15) is 75.8 Å². The average molecular weight is 620 g/mol. The molecule has 0 bridgehead atoms. The first kappa shape index (κ1) is 32.3. The van der Waals surface area contributed by atoms with E-state index in [2.05, 4.69) is 15.2 Å². The summed E-state index contributed by atoms with van der Waals surface area (Å²) in [7, 11) is 0. The number of nitrogens with one attached hydrogen (secondary N) is 2. The summed E-state index contributed by atoms with van der Waals surface area (Å²) in [5.74, 6) is 1.50. The number of imidazole rings is 1. The smallest absolute Gasteiger partial charge is 0.248 e. The Kier molecular flexibility index (Phi) is 11.7. The van der Waals surface area contributed by atoms with Gasteiger partial charge in [-0.25, -0.2) is 4.98 Å². The van der Waals surface area contributed by atoms with E-state index < -0.39 is 0 Å². The highest BCUT2D eigenvalue weighted by molar-refractivity contribution is 5.86. The highest BCUT2D eigenvalue weighted by atomic mass is 35.5. The number of nitrogens with zero attached hydrogens (tertiary/aromatic N) is 5. The maximum Gasteiger partial charge on any atom is 0.248 e. The number of ether oxygens (including phenoxy) is 1. The highest BCUT2D eigenvalue weighted by Gasteiger charge is 2.27. The third kappa shape index (κ3) is 7.83. The van der Waals surface area contributed by atoms with Gasteiger partial charge in [-0.1, -0.05) is 43.2 Å². The fraction of sp³-hybridized carbons (Fsp3) is 0.600. The van der Waals surface area contributed by atoms with Crippen LogP contribution in [0.3, 0.4) is 0 Å². The number of likely N-dealkylation sites (tertiary alicyclic amines) is 1. The largest absolute Gasteiger partial charge is 0.367 e. The lowest BCUT2D eigenvalue weighted by atomic mass is 9.92. The average Bonchev–Trinajstić information content (AvgIpc) is 3.66. The first-order valence-electron chi connectivity index (χ1n) is 15.0. The summed E-state index contributed by atoms with van der Waals surface area (Å²) in [6.07, 6.45) is 12.6. The van der Waals surface area contributed by atoms with E-state index in [4.69, 9.17) is 25.4 Å². The normalized spacial score (nSPS) is 21.5. The summed E-state index contributed by atoms with van der Waals surface area (Å²) >= 11 is 0. The fourth-order valence-corrected chi connectivity index (χ4v) is 6.37. The van der Waals surface area contributed by atoms with Crippen LogP contribution in [0.5, 0.6) is 0 Å². The number of aromatic nitrogens is 4. The molecule has 1 aliphatic heterocycles. The minimum Gasteiger partial charge on any atom is -0.367 e. The number of hydrogen-bond acceptors (Lipinski definition) is 8. The van der Waals surface area contributed by atoms with Crippen LogP contribution in [-0.4, -0.2) is 68.1 Å². The number of benzene rings is 1. The van der Waals surface area contributed by atoms with Crippen molar-refractivity contribution in [3.8, 4) is 0 Å². The summed E-state index contributed by atoms with van der Waals surface area (Å²) in [6, 6.07) is 11.3. The molecule has 42 heavy (non-hydrogen) atoms. The lowest BCUT2D eigenvalue weighted by Gasteiger charge is -2.32. The van der Waals surface area contributed by atoms with Crippen LogP contribution in [0.4, 0.5) is 11.8 Å². The zero-order valence-corrected chi connectivity index (χ0v) is 25.8. The Balaban J connectivity index is 0.00000202. The number of nitrogens with two attached hydrogens (primary N) is 1. The molecule has 2 aromatic heterocycles. The second kappa shape index (κ2) is 15.2. The molecule has 3 aliphatic rings. The van der Waals surface area contributed by atoms with E-state index in [0.29, 0.717) is 43.8 Å². The Morgan fingerprint density at radius 2 is 1.60 bits per heavy atom. The molecule has 4 N–H and O–H groups in total. The molecule has 6 rings (SSSR count). The van der Waals surface area contributed by atoms with Crippen LogP contribution in [-0.2, 0) is 16.1 Å². The monoisotopic (exact) mass is 618 g/mol. The fourth-order valence-electron chi connectivity index (χ4n) is 6.37. The van der Waals surface area contributed by atoms with Crippen LogP contribution in [0.2, 0.25) is 0 Å². The molecule has 0 spiro atoms. The van der Waals surface area contributed by atoms with Crippen molar-refractivity contribution in [3.05, 3.63) is 42.2 Å². The van der Waals surface area contributed by atoms with Gasteiger partial charge in [0, 0.05) is 37.3 Å². The van der Waals surface area contributed by atoms with Gasteiger partial charge in [0.25, 0.3) is 0 Å². The van der Waals surface area contributed by atoms with Crippen LogP contribution in [0.25, 0.3) is 11.2 Å². The molecular formula is C30H44Cl2N8O2. The van der Waals surface area contributed by atoms with Gasteiger partial charge in [0.15, 0.2) is 17.0 Å². The summed E-state index contributed by atoms with van der Waals surface area (Å²) in [6.45, 7) is 1.96. The number of hydrogen-bond donors (Lipinski definition) is 3. The van der Waals surface area contributed by atoms with Gasteiger partial charge < -0.3 is 30.6 Å². The van der Waals surface area contributed by atoms with Crippen molar-refractivity contribution in [1.29, 1.82) is 0 Å². The Labute approximate surface area is 260 Å². The highest BCUT2D eigenvalue weighted by Crippen LogP contribution is 2.34. The van der Waals surface area contributed by atoms with E-state index in [1.165, 1.54) is 25.7 Å². The van der Waals surface area contributed by atoms with Crippen LogP contribution in [0, 0.1) is 0 Å². The van der Waals surface area contributed by atoms with Crippen molar-refractivity contribution in [2.45, 2.75) is 95.0 Å². The minimum atomic E-state index is 0. The number of anilines is 2. The summed E-state index contributed by atoms with van der Waals surface area (Å²) in [5.41, 5.74) is 8.94. The number of amides is 1. The molecule has 12 heteroatoms. The molecule has 1 amide bonds. The zero-order chi connectivity index (χ0) is 27.3. The second-order valence-corrected chi connectivity index (χ2v) is 11.7. The Bertz CT molecular complexity index is 1270. The van der Waals surface area contributed by atoms with E-state index >= 15 is 0 Å². The molecule has 230 valence electrons. The quantitative estimate of drug-likeness (QED) is 0.303. The third-order valence-corrected chi connectivity index (χ3v) is 8.77. The van der Waals surface area contributed by atoms with E-state index in [1.807, 2.05) is 41.6 Å². The zero-order valence-electron chi connectivity index (χ0n) is 24.1. The Hall–Kier alpha value is -2.66. The predicted octanol–water partition coefficient (Wildman–Crippen LogP) is 5.09. The molecule has 1 aromatic carbocycles. The van der Waals surface area contributed by atoms with Crippen LogP contribution >= 0.6 is 24.8 Å². The Morgan fingerprint density at radius 3 is 2.31 bits per heavy atom. The van der Waals surface area contributed by atoms with Crippen molar-refractivity contribution < 1.29 is 9.53 Å². The minimum absolute atomic E-state index is 0. The topological polar surface area (TPSA) is 123 Å². The van der Waals surface area contributed by atoms with Crippen molar-refractivity contribution in [2.75, 3.05) is 30.3 Å². The van der Waals surface area contributed by atoms with E-state index in [-0.39, 0.29) is 43.4 Å². The molecule has 1 saturated heterocycles. The van der Waals surface area contributed by atoms with Gasteiger partial charge in [-0.05, 0) is 56.9 Å². The van der Waals surface area contributed by atoms with Crippen molar-refractivity contribution in [2.24, 2.45) is 5.73 Å². The van der Waals surface area contributed by atoms with Crippen molar-refractivity contribution >= 4 is 53.7 Å². The number of carbonyl (C=O) groups excluding carboxylic acids is 1. The van der Waals surface area contributed by atoms with Gasteiger partial charge in [0.2, 0.25) is 11.9 Å². The molecule has 3 fully saturated rings. The molecule has 10 nitrogen and oxygen atoms in total. The SMILES string of the molecule is Cl.Cl.N[C@H]1CC[C@H](Nc2nc(NC3CCN(C(=O)COCc4ccccc4)CC3)c3ncn(C4CCCC4)c3n2)CC1. The predicted molar refractivity (Wildman–Crippen MR) is 171 cm³/mol. The van der Waals surface area contributed by atoms with Crippen molar-refractivity contribution in [3.63, 3.8) is 0 Å². The number of carbonyl (C=O) groups is 1. The van der Waals surface area contributed by atoms with Gasteiger partial charge in [-0.3, -0.25) is 4.79 Å². The van der Waals surface area contributed by atoms with Gasteiger partial charge in [-0.15, -0.1) is 24.8 Å². The van der Waals surface area contributed by atoms with E-state index in [9.17, 15) is 4.79 Å². The summed E-state index contributed by atoms with van der Waals surface area (Å²) in [5, 5.41) is 7.29. The lowest BCUT2D eigenvalue weighted by Crippen LogP contribution is -2.44. The van der Waals surface area contributed by atoms with E-state index in [0.717, 1.165) is 61.1 Å². The maximum absolute atomic E-state index is 12.7. The molecule has 3 aromatic rings. The molecule has 0 unspecified atom stereocenters. The first-order chi connectivity index (χ1) is 19.6. The molecule has 2 aliphatic carbocycles. The van der Waals surface area contributed by atoms with Gasteiger partial charge in [-0.2, -0.15) is 9.97 Å². The molecule has 0 atom stereocenters. The standard InChI is InChI=1S/C30H42N8O2.2ClH/c31-22-10-12-23(13-11-22)34-30-35-28(27-29(36-30)38(20-32-27)25-8-4-5-9-25)33-24-14-16-37(17-15-24)26(39)19-40-18-21-6-2-1-3-7-21;;/h1-3,6-7,20,22-25H,4-5,8-19,31H2,(H2,33,34,35,36);2*1H/t22-,23-;;. The molecular weight excluding hydrogens is 575 g/mol. The maximum atomic E-state index is 12.7. The molecule has 3 heterocycles. The van der Waals surface area contributed by atoms with Gasteiger partial charge in [0.05, 0.1) is 12.9 Å². The third-order valence-electron chi connectivity index (χ3n) is 8.77. The Morgan fingerprint density at radius 1 is 0.905 bits per heavy atom. The van der Waals surface area contributed by atoms with Crippen LogP contribution < -0.4 is 16.4 Å². The molecule has 0 radical (unpaired) electrons. The number of rotatable bonds is 9. The van der Waals surface area contributed by atoms with E-state index in [1.54, 1.807) is 0 Å². The second-order valence-electron chi connectivity index (χ2n) is 11.7. The summed E-state index contributed by atoms with van der Waals surface area (Å²) in [4.78, 5) is 29.3. The van der Waals surface area contributed by atoms with Gasteiger partial charge >= 0.3 is 0 Å². The number of fused-ring (bicyclic) bond motifs is 1. The number of piperidine rings is 1. The van der Waals surface area contributed by atoms with Gasteiger partial charge in [0.1, 0.15) is 6.61 Å². The molecule has 2 saturated carbocycles. The number of halogens is 2.